The maximum absolute atomic E-state index is 5.65. The second-order valence-electron chi connectivity index (χ2n) is 4.47. The van der Waals surface area contributed by atoms with Crippen molar-refractivity contribution in [2.75, 3.05) is 6.61 Å². The van der Waals surface area contributed by atoms with Gasteiger partial charge in [0, 0.05) is 18.5 Å². The summed E-state index contributed by atoms with van der Waals surface area (Å²) in [7, 11) is 0. The van der Waals surface area contributed by atoms with Crippen LogP contribution in [0.25, 0.3) is 5.82 Å². The molecule has 2 aromatic heterocycles. The highest BCUT2D eigenvalue weighted by Crippen LogP contribution is 2.37. The van der Waals surface area contributed by atoms with Gasteiger partial charge in [-0.25, -0.2) is 15.0 Å². The van der Waals surface area contributed by atoms with Gasteiger partial charge in [0.25, 0.3) is 0 Å². The average molecular weight is 230 g/mol. The van der Waals surface area contributed by atoms with Crippen LogP contribution < -0.4 is 4.74 Å². The molecular weight excluding hydrogens is 216 g/mol. The van der Waals surface area contributed by atoms with Crippen LogP contribution in [0.5, 0.6) is 5.88 Å². The second kappa shape index (κ2) is 4.16. The van der Waals surface area contributed by atoms with Crippen molar-refractivity contribution in [2.45, 2.75) is 13.3 Å². The van der Waals surface area contributed by atoms with Crippen molar-refractivity contribution >= 4 is 0 Å². The monoisotopic (exact) mass is 230 g/mol. The van der Waals surface area contributed by atoms with E-state index in [0.29, 0.717) is 11.8 Å². The lowest BCUT2D eigenvalue weighted by Crippen LogP contribution is -2.03. The quantitative estimate of drug-likeness (QED) is 0.802. The fraction of sp³-hybridized carbons (Fsp3) is 0.417. The number of hydrogen-bond acceptors (Lipinski definition) is 4. The molecule has 0 aromatic carbocycles. The van der Waals surface area contributed by atoms with E-state index in [1.165, 1.54) is 12.7 Å². The third kappa shape index (κ3) is 2.27. The predicted molar refractivity (Wildman–Crippen MR) is 61.9 cm³/mol. The Kier molecular flexibility index (Phi) is 2.51. The van der Waals surface area contributed by atoms with Crippen molar-refractivity contribution in [1.82, 2.24) is 19.5 Å². The van der Waals surface area contributed by atoms with Crippen molar-refractivity contribution in [1.29, 1.82) is 0 Å². The highest BCUT2D eigenvalue weighted by atomic mass is 16.5. The summed E-state index contributed by atoms with van der Waals surface area (Å²) in [5, 5.41) is 0. The van der Waals surface area contributed by atoms with Gasteiger partial charge < -0.3 is 4.74 Å². The van der Waals surface area contributed by atoms with Crippen molar-refractivity contribution in [2.24, 2.45) is 11.8 Å². The highest BCUT2D eigenvalue weighted by Gasteiger charge is 2.33. The zero-order chi connectivity index (χ0) is 11.7. The van der Waals surface area contributed by atoms with Crippen molar-refractivity contribution in [3.8, 4) is 11.7 Å². The summed E-state index contributed by atoms with van der Waals surface area (Å²) < 4.78 is 7.48. The van der Waals surface area contributed by atoms with E-state index < -0.39 is 0 Å². The molecule has 17 heavy (non-hydrogen) atoms. The van der Waals surface area contributed by atoms with Gasteiger partial charge in [-0.2, -0.15) is 0 Å². The van der Waals surface area contributed by atoms with Gasteiger partial charge in [-0.15, -0.1) is 0 Å². The van der Waals surface area contributed by atoms with E-state index in [9.17, 15) is 0 Å². The van der Waals surface area contributed by atoms with Crippen LogP contribution in [0, 0.1) is 11.8 Å². The molecular formula is C12H14N4O. The second-order valence-corrected chi connectivity index (χ2v) is 4.47. The molecule has 0 saturated heterocycles. The molecule has 2 unspecified atom stereocenters. The average Bonchev–Trinajstić information content (AvgIpc) is 2.83. The number of rotatable bonds is 4. The molecule has 0 bridgehead atoms. The van der Waals surface area contributed by atoms with Crippen LogP contribution >= 0.6 is 0 Å². The van der Waals surface area contributed by atoms with Crippen LogP contribution in [0.2, 0.25) is 0 Å². The molecule has 3 rings (SSSR count). The number of aromatic nitrogens is 4. The fourth-order valence-corrected chi connectivity index (χ4v) is 1.77. The largest absolute Gasteiger partial charge is 0.477 e. The maximum atomic E-state index is 5.65. The molecule has 2 atom stereocenters. The van der Waals surface area contributed by atoms with E-state index in [2.05, 4.69) is 21.9 Å². The lowest BCUT2D eigenvalue weighted by Gasteiger charge is -2.06. The third-order valence-corrected chi connectivity index (χ3v) is 3.12. The van der Waals surface area contributed by atoms with Gasteiger partial charge in [-0.3, -0.25) is 4.57 Å². The van der Waals surface area contributed by atoms with E-state index in [0.717, 1.165) is 18.3 Å². The summed E-state index contributed by atoms with van der Waals surface area (Å²) >= 11 is 0. The molecule has 1 aliphatic rings. The molecule has 2 aromatic rings. The summed E-state index contributed by atoms with van der Waals surface area (Å²) in [4.78, 5) is 12.3. The number of imidazole rings is 1. The molecule has 0 spiro atoms. The van der Waals surface area contributed by atoms with Crippen LogP contribution in [-0.2, 0) is 0 Å². The summed E-state index contributed by atoms with van der Waals surface area (Å²) in [5.41, 5.74) is 0. The van der Waals surface area contributed by atoms with Gasteiger partial charge in [0.15, 0.2) is 0 Å². The van der Waals surface area contributed by atoms with Crippen molar-refractivity contribution < 1.29 is 4.74 Å². The lowest BCUT2D eigenvalue weighted by molar-refractivity contribution is 0.282. The Balaban J connectivity index is 1.70. The predicted octanol–water partition coefficient (Wildman–Crippen LogP) is 1.70. The summed E-state index contributed by atoms with van der Waals surface area (Å²) in [6.07, 6.45) is 8.04. The Morgan fingerprint density at radius 3 is 3.06 bits per heavy atom. The molecule has 1 aliphatic carbocycles. The van der Waals surface area contributed by atoms with Crippen LogP contribution in [0.3, 0.4) is 0 Å². The number of hydrogen-bond donors (Lipinski definition) is 0. The molecule has 0 amide bonds. The van der Waals surface area contributed by atoms with Crippen molar-refractivity contribution in [3.63, 3.8) is 0 Å². The Morgan fingerprint density at radius 2 is 2.35 bits per heavy atom. The van der Waals surface area contributed by atoms with E-state index in [4.69, 9.17) is 4.74 Å². The third-order valence-electron chi connectivity index (χ3n) is 3.12. The van der Waals surface area contributed by atoms with Gasteiger partial charge in [0.05, 0.1) is 6.61 Å². The van der Waals surface area contributed by atoms with E-state index >= 15 is 0 Å². The van der Waals surface area contributed by atoms with Gasteiger partial charge in [0.2, 0.25) is 5.88 Å². The molecule has 5 heteroatoms. The first-order valence-electron chi connectivity index (χ1n) is 5.76. The van der Waals surface area contributed by atoms with Gasteiger partial charge in [-0.05, 0) is 18.3 Å². The maximum Gasteiger partial charge on any atom is 0.218 e. The van der Waals surface area contributed by atoms with Crippen LogP contribution in [0.4, 0.5) is 0 Å². The molecule has 0 aliphatic heterocycles. The minimum absolute atomic E-state index is 0.628. The lowest BCUT2D eigenvalue weighted by atomic mass is 10.4. The molecule has 5 nitrogen and oxygen atoms in total. The smallest absolute Gasteiger partial charge is 0.218 e. The van der Waals surface area contributed by atoms with Gasteiger partial charge in [-0.1, -0.05) is 6.92 Å². The van der Waals surface area contributed by atoms with E-state index in [1.54, 1.807) is 12.5 Å². The van der Waals surface area contributed by atoms with Crippen molar-refractivity contribution in [3.05, 3.63) is 31.1 Å². The van der Waals surface area contributed by atoms with E-state index in [-0.39, 0.29) is 0 Å². The minimum Gasteiger partial charge on any atom is -0.477 e. The first-order valence-corrected chi connectivity index (χ1v) is 5.76. The zero-order valence-corrected chi connectivity index (χ0v) is 9.65. The van der Waals surface area contributed by atoms with Crippen LogP contribution in [-0.4, -0.2) is 26.1 Å². The minimum atomic E-state index is 0.628. The van der Waals surface area contributed by atoms with Crippen LogP contribution in [0.15, 0.2) is 31.1 Å². The van der Waals surface area contributed by atoms with E-state index in [1.807, 2.05) is 16.8 Å². The summed E-state index contributed by atoms with van der Waals surface area (Å²) in [6, 6.07) is 1.83. The molecule has 1 fully saturated rings. The molecule has 2 heterocycles. The fourth-order valence-electron chi connectivity index (χ4n) is 1.77. The first-order chi connectivity index (χ1) is 8.33. The Morgan fingerprint density at radius 1 is 1.47 bits per heavy atom. The summed E-state index contributed by atoms with van der Waals surface area (Å²) in [6.45, 7) is 2.99. The Labute approximate surface area is 99.5 Å². The zero-order valence-electron chi connectivity index (χ0n) is 9.65. The Hall–Kier alpha value is -1.91. The molecule has 88 valence electrons. The van der Waals surface area contributed by atoms with Gasteiger partial charge in [0.1, 0.15) is 18.5 Å². The standard InChI is InChI=1S/C12H14N4O/c1-9-4-10(9)6-17-12-5-11(14-7-15-12)16-3-2-13-8-16/h2-3,5,7-10H,4,6H2,1H3. The topological polar surface area (TPSA) is 52.8 Å². The SMILES string of the molecule is CC1CC1COc1cc(-n2ccnc2)ncn1. The number of nitrogens with zero attached hydrogens (tertiary/aromatic N) is 4. The normalized spacial score (nSPS) is 22.4. The molecule has 1 saturated carbocycles. The highest BCUT2D eigenvalue weighted by molar-refractivity contribution is 5.26. The van der Waals surface area contributed by atoms with Gasteiger partial charge >= 0.3 is 0 Å². The summed E-state index contributed by atoms with van der Waals surface area (Å²) in [5.74, 6) is 2.89. The molecule has 0 N–H and O–H groups in total. The first kappa shape index (κ1) is 10.3. The molecule has 0 radical (unpaired) electrons. The van der Waals surface area contributed by atoms with Crippen LogP contribution in [0.1, 0.15) is 13.3 Å². The Bertz CT molecular complexity index is 497. The number of ether oxygens (including phenoxy) is 1.